The Kier molecular flexibility index (Phi) is 4.01. The first-order valence-electron chi connectivity index (χ1n) is 6.22. The molecule has 18 heavy (non-hydrogen) atoms. The van der Waals surface area contributed by atoms with E-state index in [0.717, 1.165) is 17.7 Å². The van der Waals surface area contributed by atoms with Crippen molar-refractivity contribution < 1.29 is 14.7 Å². The number of amides is 1. The third-order valence-electron chi connectivity index (χ3n) is 3.28. The highest BCUT2D eigenvalue weighted by molar-refractivity contribution is 7.14. The fourth-order valence-corrected chi connectivity index (χ4v) is 3.12. The van der Waals surface area contributed by atoms with Crippen LogP contribution in [0.25, 0.3) is 0 Å². The van der Waals surface area contributed by atoms with Crippen molar-refractivity contribution in [2.24, 2.45) is 5.92 Å². The van der Waals surface area contributed by atoms with E-state index in [1.807, 2.05) is 12.1 Å². The van der Waals surface area contributed by atoms with Gasteiger partial charge in [-0.25, -0.2) is 0 Å². The lowest BCUT2D eigenvalue weighted by Gasteiger charge is -2.30. The van der Waals surface area contributed by atoms with E-state index >= 15 is 0 Å². The van der Waals surface area contributed by atoms with Gasteiger partial charge < -0.3 is 10.0 Å². The third kappa shape index (κ3) is 2.72. The van der Waals surface area contributed by atoms with Crippen LogP contribution in [-0.4, -0.2) is 35.0 Å². The number of thiophene rings is 1. The lowest BCUT2D eigenvalue weighted by molar-refractivity contribution is -0.143. The fourth-order valence-electron chi connectivity index (χ4n) is 2.20. The number of piperidine rings is 1. The van der Waals surface area contributed by atoms with Crippen molar-refractivity contribution >= 4 is 23.2 Å². The molecule has 1 amide bonds. The molecule has 0 aliphatic carbocycles. The molecule has 5 heteroatoms. The van der Waals surface area contributed by atoms with Crippen LogP contribution < -0.4 is 0 Å². The SMILES string of the molecule is CCc1ccc(C(=O)N2CCC[C@H](C(=O)O)C2)s1. The molecular formula is C13H17NO3S. The minimum atomic E-state index is -0.798. The minimum absolute atomic E-state index is 0.0225. The van der Waals surface area contributed by atoms with Gasteiger partial charge >= 0.3 is 5.97 Å². The van der Waals surface area contributed by atoms with E-state index in [4.69, 9.17) is 5.11 Å². The molecule has 0 unspecified atom stereocenters. The van der Waals surface area contributed by atoms with E-state index in [-0.39, 0.29) is 5.91 Å². The van der Waals surface area contributed by atoms with Crippen molar-refractivity contribution in [3.05, 3.63) is 21.9 Å². The summed E-state index contributed by atoms with van der Waals surface area (Å²) in [4.78, 5) is 26.8. The largest absolute Gasteiger partial charge is 0.481 e. The number of aryl methyl sites for hydroxylation is 1. The molecule has 0 radical (unpaired) electrons. The number of likely N-dealkylation sites (tertiary alicyclic amines) is 1. The van der Waals surface area contributed by atoms with Crippen LogP contribution in [0.15, 0.2) is 12.1 Å². The van der Waals surface area contributed by atoms with Crippen molar-refractivity contribution in [3.63, 3.8) is 0 Å². The zero-order valence-corrected chi connectivity index (χ0v) is 11.2. The Balaban J connectivity index is 2.06. The van der Waals surface area contributed by atoms with Crippen molar-refractivity contribution in [2.45, 2.75) is 26.2 Å². The van der Waals surface area contributed by atoms with E-state index in [0.29, 0.717) is 19.5 Å². The second-order valence-corrected chi connectivity index (χ2v) is 5.72. The van der Waals surface area contributed by atoms with Gasteiger partial charge in [-0.15, -0.1) is 11.3 Å². The standard InChI is InChI=1S/C13H17NO3S/c1-2-10-5-6-11(18-10)12(15)14-7-3-4-9(8-14)13(16)17/h5-6,9H,2-4,7-8H2,1H3,(H,16,17)/t9-/m0/s1. The molecule has 1 saturated heterocycles. The van der Waals surface area contributed by atoms with E-state index in [1.54, 1.807) is 4.90 Å². The fraction of sp³-hybridized carbons (Fsp3) is 0.538. The normalized spacial score (nSPS) is 19.8. The quantitative estimate of drug-likeness (QED) is 0.913. The number of hydrogen-bond acceptors (Lipinski definition) is 3. The lowest BCUT2D eigenvalue weighted by atomic mass is 9.98. The number of carboxylic acids is 1. The first-order valence-corrected chi connectivity index (χ1v) is 7.04. The number of hydrogen-bond donors (Lipinski definition) is 1. The molecule has 1 aliphatic rings. The van der Waals surface area contributed by atoms with Gasteiger partial charge in [0.05, 0.1) is 10.8 Å². The molecule has 1 aromatic heterocycles. The summed E-state index contributed by atoms with van der Waals surface area (Å²) in [5.74, 6) is -1.23. The zero-order valence-electron chi connectivity index (χ0n) is 10.4. The van der Waals surface area contributed by atoms with Crippen molar-refractivity contribution in [3.8, 4) is 0 Å². The molecule has 0 aromatic carbocycles. The van der Waals surface area contributed by atoms with Crippen LogP contribution >= 0.6 is 11.3 Å². The number of carboxylic acid groups (broad SMARTS) is 1. The Morgan fingerprint density at radius 1 is 1.50 bits per heavy atom. The van der Waals surface area contributed by atoms with Crippen LogP contribution in [0.4, 0.5) is 0 Å². The molecule has 2 rings (SSSR count). The van der Waals surface area contributed by atoms with Gasteiger partial charge in [0, 0.05) is 18.0 Å². The summed E-state index contributed by atoms with van der Waals surface area (Å²) in [5.41, 5.74) is 0. The predicted octanol–water partition coefficient (Wildman–Crippen LogP) is 2.25. The van der Waals surface area contributed by atoms with E-state index in [2.05, 4.69) is 6.92 Å². The molecule has 98 valence electrons. The maximum Gasteiger partial charge on any atom is 0.308 e. The predicted molar refractivity (Wildman–Crippen MR) is 70.0 cm³/mol. The van der Waals surface area contributed by atoms with Crippen molar-refractivity contribution in [2.75, 3.05) is 13.1 Å². The van der Waals surface area contributed by atoms with Crippen molar-refractivity contribution in [1.82, 2.24) is 4.90 Å². The van der Waals surface area contributed by atoms with Gasteiger partial charge in [0.25, 0.3) is 5.91 Å². The van der Waals surface area contributed by atoms with Crippen LogP contribution in [0, 0.1) is 5.92 Å². The van der Waals surface area contributed by atoms with E-state index < -0.39 is 11.9 Å². The highest BCUT2D eigenvalue weighted by Crippen LogP contribution is 2.23. The summed E-state index contributed by atoms with van der Waals surface area (Å²) >= 11 is 1.51. The zero-order chi connectivity index (χ0) is 13.1. The molecule has 1 atom stereocenters. The highest BCUT2D eigenvalue weighted by atomic mass is 32.1. The Labute approximate surface area is 110 Å². The average Bonchev–Trinajstić information content (AvgIpc) is 2.86. The summed E-state index contributed by atoms with van der Waals surface area (Å²) in [5, 5.41) is 9.02. The summed E-state index contributed by atoms with van der Waals surface area (Å²) in [6, 6.07) is 3.81. The number of carbonyl (C=O) groups excluding carboxylic acids is 1. The molecule has 1 fully saturated rings. The van der Waals surface area contributed by atoms with Crippen LogP contribution in [0.2, 0.25) is 0 Å². The Hall–Kier alpha value is -1.36. The van der Waals surface area contributed by atoms with Gasteiger partial charge in [0.1, 0.15) is 0 Å². The maximum absolute atomic E-state index is 12.2. The lowest BCUT2D eigenvalue weighted by Crippen LogP contribution is -2.42. The van der Waals surface area contributed by atoms with Gasteiger partial charge in [0.15, 0.2) is 0 Å². The molecule has 1 N–H and O–H groups in total. The monoisotopic (exact) mass is 267 g/mol. The van der Waals surface area contributed by atoms with Gasteiger partial charge in [-0.1, -0.05) is 6.92 Å². The van der Waals surface area contributed by atoms with Gasteiger partial charge in [-0.2, -0.15) is 0 Å². The number of carbonyl (C=O) groups is 2. The van der Waals surface area contributed by atoms with Crippen LogP contribution in [-0.2, 0) is 11.2 Å². The first-order chi connectivity index (χ1) is 8.61. The molecule has 0 spiro atoms. The summed E-state index contributed by atoms with van der Waals surface area (Å²) in [6.07, 6.45) is 2.37. The topological polar surface area (TPSA) is 57.6 Å². The summed E-state index contributed by atoms with van der Waals surface area (Å²) < 4.78 is 0. The second-order valence-electron chi connectivity index (χ2n) is 4.55. The smallest absolute Gasteiger partial charge is 0.308 e. The Morgan fingerprint density at radius 2 is 2.28 bits per heavy atom. The Bertz CT molecular complexity index is 455. The molecule has 4 nitrogen and oxygen atoms in total. The van der Waals surface area contributed by atoms with Gasteiger partial charge in [-0.05, 0) is 31.4 Å². The van der Waals surface area contributed by atoms with E-state index in [1.165, 1.54) is 16.2 Å². The average molecular weight is 267 g/mol. The van der Waals surface area contributed by atoms with Gasteiger partial charge in [-0.3, -0.25) is 9.59 Å². The number of nitrogens with zero attached hydrogens (tertiary/aromatic N) is 1. The Morgan fingerprint density at radius 3 is 2.89 bits per heavy atom. The molecular weight excluding hydrogens is 250 g/mol. The summed E-state index contributed by atoms with van der Waals surface area (Å²) in [6.45, 7) is 3.07. The van der Waals surface area contributed by atoms with Crippen molar-refractivity contribution in [1.29, 1.82) is 0 Å². The number of aliphatic carboxylic acids is 1. The molecule has 1 aliphatic heterocycles. The molecule has 0 bridgehead atoms. The molecule has 2 heterocycles. The number of rotatable bonds is 3. The van der Waals surface area contributed by atoms with E-state index in [9.17, 15) is 9.59 Å². The van der Waals surface area contributed by atoms with Gasteiger partial charge in [0.2, 0.25) is 0 Å². The van der Waals surface area contributed by atoms with Crippen LogP contribution in [0.5, 0.6) is 0 Å². The maximum atomic E-state index is 12.2. The second kappa shape index (κ2) is 5.52. The highest BCUT2D eigenvalue weighted by Gasteiger charge is 2.29. The third-order valence-corrected chi connectivity index (χ3v) is 4.50. The molecule has 1 aromatic rings. The van der Waals surface area contributed by atoms with Crippen LogP contribution in [0.1, 0.15) is 34.3 Å². The molecule has 0 saturated carbocycles. The first kappa shape index (κ1) is 13.1. The minimum Gasteiger partial charge on any atom is -0.481 e. The van der Waals surface area contributed by atoms with Crippen LogP contribution in [0.3, 0.4) is 0 Å². The summed E-state index contributed by atoms with van der Waals surface area (Å²) in [7, 11) is 0.